The highest BCUT2D eigenvalue weighted by atomic mass is 16.5. The molecule has 3 heteroatoms. The summed E-state index contributed by atoms with van der Waals surface area (Å²) in [5.41, 5.74) is 1.10. The summed E-state index contributed by atoms with van der Waals surface area (Å²) in [7, 11) is 3.46. The molecule has 1 aromatic heterocycles. The molecular weight excluding hydrogens is 164 g/mol. The predicted molar refractivity (Wildman–Crippen MR) is 56.4 cm³/mol. The zero-order chi connectivity index (χ0) is 10.3. The number of ether oxygens (including phenoxy) is 1. The van der Waals surface area contributed by atoms with Gasteiger partial charge in [0.15, 0.2) is 11.6 Å². The quantitative estimate of drug-likeness (QED) is 0.763. The molecule has 0 saturated heterocycles. The first-order valence-corrected chi connectivity index (χ1v) is 4.46. The summed E-state index contributed by atoms with van der Waals surface area (Å²) in [6.45, 7) is 5.98. The van der Waals surface area contributed by atoms with Crippen molar-refractivity contribution < 1.29 is 4.74 Å². The molecule has 1 aromatic rings. The highest BCUT2D eigenvalue weighted by Gasteiger charge is 2.00. The number of anilines is 1. The van der Waals surface area contributed by atoms with Crippen molar-refractivity contribution in [3.8, 4) is 5.75 Å². The highest BCUT2D eigenvalue weighted by molar-refractivity contribution is 5.50. The molecule has 74 valence electrons. The van der Waals surface area contributed by atoms with E-state index in [4.69, 9.17) is 4.74 Å². The van der Waals surface area contributed by atoms with Crippen molar-refractivity contribution in [2.45, 2.75) is 20.8 Å². The number of hydrogen-bond donors (Lipinski definition) is 1. The van der Waals surface area contributed by atoms with Gasteiger partial charge in [0.2, 0.25) is 0 Å². The summed E-state index contributed by atoms with van der Waals surface area (Å²) in [5, 5.41) is 2.94. The van der Waals surface area contributed by atoms with Gasteiger partial charge in [-0.1, -0.05) is 13.8 Å². The average molecular weight is 182 g/mol. The van der Waals surface area contributed by atoms with E-state index in [1.54, 1.807) is 13.3 Å². The molecule has 0 radical (unpaired) electrons. The van der Waals surface area contributed by atoms with Crippen LogP contribution in [0.4, 0.5) is 5.82 Å². The number of aryl methyl sites for hydroxylation is 1. The first-order chi connectivity index (χ1) is 6.27. The maximum absolute atomic E-state index is 5.09. The van der Waals surface area contributed by atoms with Crippen molar-refractivity contribution in [2.75, 3.05) is 19.5 Å². The third kappa shape index (κ3) is 3.32. The lowest BCUT2D eigenvalue weighted by molar-refractivity contribution is 0.414. The van der Waals surface area contributed by atoms with E-state index >= 15 is 0 Å². The summed E-state index contributed by atoms with van der Waals surface area (Å²) in [6, 6.07) is 1.94. The molecular formula is C10H18N2O. The minimum absolute atomic E-state index is 0.776. The largest absolute Gasteiger partial charge is 0.493 e. The lowest BCUT2D eigenvalue weighted by Crippen LogP contribution is -1.96. The zero-order valence-electron chi connectivity index (χ0n) is 9.01. The number of methoxy groups -OCH3 is 1. The third-order valence-corrected chi connectivity index (χ3v) is 1.45. The van der Waals surface area contributed by atoms with Crippen molar-refractivity contribution in [2.24, 2.45) is 0 Å². The zero-order valence-corrected chi connectivity index (χ0v) is 9.01. The van der Waals surface area contributed by atoms with Crippen molar-refractivity contribution in [3.05, 3.63) is 17.8 Å². The van der Waals surface area contributed by atoms with Gasteiger partial charge in [0, 0.05) is 13.2 Å². The lowest BCUT2D eigenvalue weighted by Gasteiger charge is -2.06. The Labute approximate surface area is 80.1 Å². The molecule has 0 saturated carbocycles. The Morgan fingerprint density at radius 2 is 2.00 bits per heavy atom. The molecule has 0 aliphatic carbocycles. The Bertz CT molecular complexity index is 249. The smallest absolute Gasteiger partial charge is 0.168 e. The monoisotopic (exact) mass is 182 g/mol. The predicted octanol–water partition coefficient (Wildman–Crippen LogP) is 2.47. The van der Waals surface area contributed by atoms with Crippen LogP contribution in [0.1, 0.15) is 19.4 Å². The van der Waals surface area contributed by atoms with Crippen LogP contribution in [0.2, 0.25) is 0 Å². The van der Waals surface area contributed by atoms with Crippen LogP contribution in [0.5, 0.6) is 5.75 Å². The molecule has 0 aliphatic rings. The van der Waals surface area contributed by atoms with Crippen LogP contribution in [0.15, 0.2) is 12.3 Å². The van der Waals surface area contributed by atoms with Gasteiger partial charge in [-0.25, -0.2) is 4.98 Å². The van der Waals surface area contributed by atoms with Crippen LogP contribution >= 0.6 is 0 Å². The van der Waals surface area contributed by atoms with E-state index in [1.165, 1.54) is 0 Å². The first-order valence-electron chi connectivity index (χ1n) is 4.46. The fraction of sp³-hybridized carbons (Fsp3) is 0.500. The molecule has 0 amide bonds. The lowest BCUT2D eigenvalue weighted by atomic mass is 10.3. The van der Waals surface area contributed by atoms with E-state index in [1.807, 2.05) is 33.9 Å². The molecule has 0 aliphatic heterocycles. The molecule has 1 rings (SSSR count). The summed E-state index contributed by atoms with van der Waals surface area (Å²) >= 11 is 0. The molecule has 1 N–H and O–H groups in total. The SMILES string of the molecule is CC.CNc1ncc(C)cc1OC. The fourth-order valence-electron chi connectivity index (χ4n) is 0.886. The molecule has 13 heavy (non-hydrogen) atoms. The number of hydrogen-bond acceptors (Lipinski definition) is 3. The second kappa shape index (κ2) is 6.29. The van der Waals surface area contributed by atoms with Crippen LogP contribution in [0.3, 0.4) is 0 Å². The molecule has 0 aromatic carbocycles. The molecule has 0 spiro atoms. The molecule has 0 bridgehead atoms. The van der Waals surface area contributed by atoms with Gasteiger partial charge < -0.3 is 10.1 Å². The van der Waals surface area contributed by atoms with Crippen molar-refractivity contribution in [1.29, 1.82) is 0 Å². The highest BCUT2D eigenvalue weighted by Crippen LogP contribution is 2.20. The minimum atomic E-state index is 0.776. The Balaban J connectivity index is 0.000000671. The number of aromatic nitrogens is 1. The average Bonchev–Trinajstić information content (AvgIpc) is 2.20. The standard InChI is InChI=1S/C8H12N2O.C2H6/c1-6-4-7(11-3)8(9-2)10-5-6;1-2/h4-5H,1-3H3,(H,9,10);1-2H3. The Kier molecular flexibility index (Phi) is 5.68. The maximum atomic E-state index is 5.09. The van der Waals surface area contributed by atoms with Gasteiger partial charge in [-0.15, -0.1) is 0 Å². The Morgan fingerprint density at radius 3 is 2.46 bits per heavy atom. The summed E-state index contributed by atoms with van der Waals surface area (Å²) in [4.78, 5) is 4.13. The second-order valence-electron chi connectivity index (χ2n) is 2.31. The van der Waals surface area contributed by atoms with Gasteiger partial charge in [0.1, 0.15) is 0 Å². The normalized spacial score (nSPS) is 8.38. The summed E-state index contributed by atoms with van der Waals surface area (Å²) < 4.78 is 5.09. The van der Waals surface area contributed by atoms with Gasteiger partial charge in [-0.05, 0) is 18.6 Å². The van der Waals surface area contributed by atoms with E-state index < -0.39 is 0 Å². The molecule has 0 fully saturated rings. The van der Waals surface area contributed by atoms with Crippen LogP contribution in [0.25, 0.3) is 0 Å². The van der Waals surface area contributed by atoms with Crippen molar-refractivity contribution in [3.63, 3.8) is 0 Å². The van der Waals surface area contributed by atoms with Crippen LogP contribution < -0.4 is 10.1 Å². The fourth-order valence-corrected chi connectivity index (χ4v) is 0.886. The summed E-state index contributed by atoms with van der Waals surface area (Å²) in [6.07, 6.45) is 1.80. The molecule has 3 nitrogen and oxygen atoms in total. The van der Waals surface area contributed by atoms with E-state index in [0.717, 1.165) is 17.1 Å². The van der Waals surface area contributed by atoms with Gasteiger partial charge in [0.25, 0.3) is 0 Å². The number of rotatable bonds is 2. The topological polar surface area (TPSA) is 34.2 Å². The first kappa shape index (κ1) is 11.8. The van der Waals surface area contributed by atoms with Crippen LogP contribution in [-0.4, -0.2) is 19.1 Å². The second-order valence-corrected chi connectivity index (χ2v) is 2.31. The number of nitrogens with one attached hydrogen (secondary N) is 1. The Morgan fingerprint density at radius 1 is 1.38 bits per heavy atom. The Hall–Kier alpha value is -1.25. The van der Waals surface area contributed by atoms with E-state index in [-0.39, 0.29) is 0 Å². The third-order valence-electron chi connectivity index (χ3n) is 1.45. The maximum Gasteiger partial charge on any atom is 0.168 e. The minimum Gasteiger partial charge on any atom is -0.493 e. The van der Waals surface area contributed by atoms with Crippen molar-refractivity contribution >= 4 is 5.82 Å². The molecule has 0 atom stereocenters. The molecule has 1 heterocycles. The van der Waals surface area contributed by atoms with Gasteiger partial charge >= 0.3 is 0 Å². The van der Waals surface area contributed by atoms with Gasteiger partial charge in [-0.3, -0.25) is 0 Å². The summed E-state index contributed by atoms with van der Waals surface area (Å²) in [5.74, 6) is 1.56. The van der Waals surface area contributed by atoms with Crippen molar-refractivity contribution in [1.82, 2.24) is 4.98 Å². The number of nitrogens with zero attached hydrogens (tertiary/aromatic N) is 1. The number of pyridine rings is 1. The van der Waals surface area contributed by atoms with E-state index in [2.05, 4.69) is 10.3 Å². The van der Waals surface area contributed by atoms with Crippen LogP contribution in [-0.2, 0) is 0 Å². The van der Waals surface area contributed by atoms with E-state index in [9.17, 15) is 0 Å². The van der Waals surface area contributed by atoms with Gasteiger partial charge in [0.05, 0.1) is 7.11 Å². The van der Waals surface area contributed by atoms with E-state index in [0.29, 0.717) is 0 Å². The van der Waals surface area contributed by atoms with Gasteiger partial charge in [-0.2, -0.15) is 0 Å². The molecule has 0 unspecified atom stereocenters. The van der Waals surface area contributed by atoms with Crippen LogP contribution in [0, 0.1) is 6.92 Å².